The van der Waals surface area contributed by atoms with Crippen molar-refractivity contribution in [1.29, 1.82) is 10.8 Å². The minimum absolute atomic E-state index is 0.0631. The zero-order valence-electron chi connectivity index (χ0n) is 32.5. The van der Waals surface area contributed by atoms with E-state index < -0.39 is 135 Å². The molecule has 0 fully saturated rings. The number of nitrogens with two attached hydrogens (primary N) is 2. The molecule has 0 spiro atoms. The quantitative estimate of drug-likeness (QED) is 0.00983. The van der Waals surface area contributed by atoms with Crippen LogP contribution >= 0.6 is 0 Å². The Labute approximate surface area is 337 Å². The fourth-order valence-corrected chi connectivity index (χ4v) is 4.81. The Morgan fingerprint density at radius 3 is 2.08 bits per heavy atom. The molecule has 0 bridgehead atoms. The summed E-state index contributed by atoms with van der Waals surface area (Å²) in [5, 5.41) is 74.5. The monoisotopic (exact) mass is 849 g/mol. The summed E-state index contributed by atoms with van der Waals surface area (Å²) in [6.07, 6.45) is -6.21. The van der Waals surface area contributed by atoms with Crippen molar-refractivity contribution in [3.05, 3.63) is 0 Å². The van der Waals surface area contributed by atoms with Crippen molar-refractivity contribution in [3.8, 4) is 0 Å². The highest BCUT2D eigenvalue weighted by atomic mass is 16.5. The van der Waals surface area contributed by atoms with Gasteiger partial charge in [0.1, 0.15) is 24.9 Å². The van der Waals surface area contributed by atoms with Crippen LogP contribution in [0.5, 0.6) is 0 Å². The van der Waals surface area contributed by atoms with Gasteiger partial charge in [-0.1, -0.05) is 6.92 Å². The molecule has 27 heteroatoms. The first-order valence-corrected chi connectivity index (χ1v) is 17.8. The second kappa shape index (κ2) is 27.6. The molecule has 0 rings (SSSR count). The first-order chi connectivity index (χ1) is 27.7. The van der Waals surface area contributed by atoms with Crippen LogP contribution in [0.15, 0.2) is 0 Å². The second-order valence-corrected chi connectivity index (χ2v) is 12.8. The molecular weight excluding hydrogens is 794 g/mol. The number of carbonyl (C=O) groups is 9. The largest absolute Gasteiger partial charge is 0.481 e. The smallest absolute Gasteiger partial charge is 0.305 e. The highest BCUT2D eigenvalue weighted by Crippen LogP contribution is 2.23. The van der Waals surface area contributed by atoms with Crippen molar-refractivity contribution in [2.45, 2.75) is 94.5 Å². The molecule has 0 saturated carbocycles. The Morgan fingerprint density at radius 2 is 1.56 bits per heavy atom. The summed E-state index contributed by atoms with van der Waals surface area (Å²) < 4.78 is 10.5. The van der Waals surface area contributed by atoms with E-state index >= 15 is 0 Å². The lowest BCUT2D eigenvalue weighted by Gasteiger charge is -2.39. The first-order valence-electron chi connectivity index (χ1n) is 17.8. The topological polar surface area (TPSA) is 440 Å². The van der Waals surface area contributed by atoms with Gasteiger partial charge >= 0.3 is 11.9 Å². The van der Waals surface area contributed by atoms with Crippen molar-refractivity contribution in [2.24, 2.45) is 11.5 Å². The number of nitrogens with zero attached hydrogens (tertiary/aromatic N) is 2. The lowest BCUT2D eigenvalue weighted by atomic mass is 9.91. The number of carboxylic acids is 2. The van der Waals surface area contributed by atoms with Crippen molar-refractivity contribution in [2.75, 3.05) is 39.5 Å². The Hall–Kier alpha value is -6.03. The van der Waals surface area contributed by atoms with Gasteiger partial charge in [0.15, 0.2) is 12.2 Å². The lowest BCUT2D eigenvalue weighted by molar-refractivity contribution is -0.158. The van der Waals surface area contributed by atoms with E-state index in [1.165, 1.54) is 13.8 Å². The van der Waals surface area contributed by atoms with Crippen LogP contribution in [0.2, 0.25) is 0 Å². The van der Waals surface area contributed by atoms with Crippen LogP contribution < -0.4 is 38.1 Å². The Morgan fingerprint density at radius 1 is 0.915 bits per heavy atom. The molecule has 0 aromatic rings. The van der Waals surface area contributed by atoms with Crippen LogP contribution in [0.1, 0.15) is 52.4 Å². The highest BCUT2D eigenvalue weighted by molar-refractivity contribution is 5.95. The van der Waals surface area contributed by atoms with E-state index in [9.17, 15) is 58.5 Å². The molecule has 7 atom stereocenters. The molecule has 0 aliphatic rings. The number of hydrogen-bond acceptors (Lipinski definition) is 17. The number of carbonyl (C=O) groups excluding carboxylic acids is 7. The van der Waals surface area contributed by atoms with Crippen molar-refractivity contribution >= 4 is 66.7 Å². The molecule has 0 aromatic heterocycles. The third-order valence-corrected chi connectivity index (χ3v) is 8.39. The zero-order valence-corrected chi connectivity index (χ0v) is 32.5. The number of carboxylic acid groups (broad SMARTS) is 2. The minimum Gasteiger partial charge on any atom is -0.481 e. The average molecular weight is 850 g/mol. The molecule has 16 N–H and O–H groups in total. The number of aliphatic carboxylic acids is 2. The highest BCUT2D eigenvalue weighted by Gasteiger charge is 2.44. The lowest BCUT2D eigenvalue weighted by Crippen LogP contribution is -2.66. The summed E-state index contributed by atoms with van der Waals surface area (Å²) in [6, 6.07) is -5.92. The number of unbranched alkanes of at least 4 members (excludes halogenated alkanes) is 1. The predicted octanol–water partition coefficient (Wildman–Crippen LogP) is -6.63. The number of ether oxygens (including phenoxy) is 2. The molecule has 6 unspecified atom stereocenters. The summed E-state index contributed by atoms with van der Waals surface area (Å²) in [5.41, 5.74) is 8.97. The van der Waals surface area contributed by atoms with Crippen molar-refractivity contribution < 1.29 is 78.2 Å². The van der Waals surface area contributed by atoms with E-state index in [2.05, 4.69) is 26.0 Å². The summed E-state index contributed by atoms with van der Waals surface area (Å²) in [6.45, 7) is -0.316. The normalized spacial score (nSPS) is 14.8. The predicted molar refractivity (Wildman–Crippen MR) is 199 cm³/mol. The Kier molecular flexibility index (Phi) is 24.8. The van der Waals surface area contributed by atoms with Crippen LogP contribution in [0.25, 0.3) is 0 Å². The number of aliphatic hydroxyl groups excluding tert-OH is 3. The van der Waals surface area contributed by atoms with Gasteiger partial charge in [0.05, 0.1) is 50.1 Å². The van der Waals surface area contributed by atoms with Crippen LogP contribution in [-0.2, 0) is 52.6 Å². The Bertz CT molecular complexity index is 1470. The standard InChI is InChI=1S/C32H55N11O16/c1-3-32(2,59-16-43(22(49)6-7-23(50)51)9-5-4-8-42(14-33)15-45)27(30(57)37-12-20(48)39-21(13-44)58-17-46)41-29(56)25(26(54)19(47)11-38-31(35)36)40-28(55)18(34)10-24(52)53/h14-15,17-19,21,25-27,33,44,47,54H,3-13,16,34H2,1-2H3,(H,37,57)(H,39,48)(H,40,55)(H,41,56)(H,50,51)(H,52,53)(H4,35,36,38)/t18?,19?,21?,25?,26?,27?,32-/m1/s1. The number of nitrogens with one attached hydrogen (secondary N) is 7. The molecule has 334 valence electrons. The van der Waals surface area contributed by atoms with Crippen LogP contribution in [0, 0.1) is 10.8 Å². The molecule has 0 radical (unpaired) electrons. The van der Waals surface area contributed by atoms with Gasteiger partial charge in [0.2, 0.25) is 35.9 Å². The summed E-state index contributed by atoms with van der Waals surface area (Å²) in [4.78, 5) is 113. The number of aliphatic hydroxyl groups is 3. The summed E-state index contributed by atoms with van der Waals surface area (Å²) in [7, 11) is 0. The number of guanidine groups is 1. The van der Waals surface area contributed by atoms with Gasteiger partial charge in [0.25, 0.3) is 6.47 Å². The second-order valence-electron chi connectivity index (χ2n) is 12.8. The van der Waals surface area contributed by atoms with E-state index in [0.717, 1.165) is 16.1 Å². The van der Waals surface area contributed by atoms with E-state index in [1.54, 1.807) is 0 Å². The molecule has 6 amide bonds. The maximum absolute atomic E-state index is 14.0. The van der Waals surface area contributed by atoms with Crippen LogP contribution in [0.3, 0.4) is 0 Å². The van der Waals surface area contributed by atoms with Gasteiger partial charge in [-0.25, -0.2) is 0 Å². The number of hydrogen-bond donors (Lipinski definition) is 14. The maximum Gasteiger partial charge on any atom is 0.305 e. The van der Waals surface area contributed by atoms with Crippen LogP contribution in [-0.4, -0.2) is 184 Å². The van der Waals surface area contributed by atoms with E-state index in [1.807, 2.05) is 5.32 Å². The van der Waals surface area contributed by atoms with E-state index in [4.69, 9.17) is 37.2 Å². The Balaban J connectivity index is 6.90. The van der Waals surface area contributed by atoms with Crippen molar-refractivity contribution in [1.82, 2.24) is 36.4 Å². The maximum atomic E-state index is 14.0. The number of amides is 6. The fraction of sp³-hybridized carbons (Fsp3) is 0.656. The van der Waals surface area contributed by atoms with Gasteiger partial charge in [0, 0.05) is 26.1 Å². The minimum atomic E-state index is -2.26. The molecular formula is C32H55N11O16. The molecule has 0 saturated heterocycles. The van der Waals surface area contributed by atoms with Gasteiger partial charge in [-0.3, -0.25) is 54.0 Å². The van der Waals surface area contributed by atoms with Crippen molar-refractivity contribution in [3.63, 3.8) is 0 Å². The van der Waals surface area contributed by atoms with Gasteiger partial charge in [-0.2, -0.15) is 0 Å². The van der Waals surface area contributed by atoms with E-state index in [-0.39, 0.29) is 38.8 Å². The average Bonchev–Trinajstić information content (AvgIpc) is 3.19. The van der Waals surface area contributed by atoms with Gasteiger partial charge < -0.3 is 82.9 Å². The summed E-state index contributed by atoms with van der Waals surface area (Å²) >= 11 is 0. The van der Waals surface area contributed by atoms with Gasteiger partial charge in [-0.15, -0.1) is 0 Å². The SMILES string of the molecule is CC[C@@](C)(OCN(CCCCN(C=N)C=O)C(=O)CCC(=O)O)C(NC(=O)C(NC(=O)C(N)CC(=O)O)C(O)C(O)CNC(=N)N)C(=O)NCC(=O)NC(CO)OC=O. The fourth-order valence-electron chi connectivity index (χ4n) is 4.81. The van der Waals surface area contributed by atoms with Crippen LogP contribution in [0.4, 0.5) is 0 Å². The zero-order chi connectivity index (χ0) is 45.3. The molecule has 0 aromatic carbocycles. The molecule has 59 heavy (non-hydrogen) atoms. The third kappa shape index (κ3) is 20.3. The molecule has 0 aliphatic carbocycles. The molecule has 0 heterocycles. The van der Waals surface area contributed by atoms with Gasteiger partial charge in [-0.05, 0) is 26.2 Å². The number of rotatable bonds is 32. The third-order valence-electron chi connectivity index (χ3n) is 8.39. The summed E-state index contributed by atoms with van der Waals surface area (Å²) in [5.74, 6) is -9.06. The molecule has 27 nitrogen and oxygen atoms in total. The first kappa shape index (κ1) is 53.0. The molecule has 0 aliphatic heterocycles. The van der Waals surface area contributed by atoms with E-state index in [0.29, 0.717) is 6.41 Å².